The van der Waals surface area contributed by atoms with Gasteiger partial charge in [0.25, 0.3) is 0 Å². The maximum absolute atomic E-state index is 9.25. The SMILES string of the molecule is Oc1ccc(-c2nc(-c3cnccn3)cs2)cc1. The van der Waals surface area contributed by atoms with Gasteiger partial charge in [-0.05, 0) is 24.3 Å². The molecule has 0 unspecified atom stereocenters. The summed E-state index contributed by atoms with van der Waals surface area (Å²) in [7, 11) is 0. The zero-order valence-electron chi connectivity index (χ0n) is 9.32. The average Bonchev–Trinajstić information content (AvgIpc) is 2.90. The molecule has 1 N–H and O–H groups in total. The number of nitrogens with zero attached hydrogens (tertiary/aromatic N) is 3. The van der Waals surface area contributed by atoms with E-state index in [1.165, 1.54) is 0 Å². The highest BCUT2D eigenvalue weighted by molar-refractivity contribution is 7.13. The molecule has 0 saturated heterocycles. The molecule has 5 heteroatoms. The third kappa shape index (κ3) is 2.08. The minimum absolute atomic E-state index is 0.254. The molecule has 1 aromatic carbocycles. The van der Waals surface area contributed by atoms with Crippen molar-refractivity contribution in [2.75, 3.05) is 0 Å². The Kier molecular flexibility index (Phi) is 2.74. The molecule has 2 heterocycles. The number of phenols is 1. The van der Waals surface area contributed by atoms with E-state index in [1.807, 2.05) is 17.5 Å². The molecule has 0 atom stereocenters. The lowest BCUT2D eigenvalue weighted by Gasteiger charge is -1.96. The molecule has 0 saturated carbocycles. The van der Waals surface area contributed by atoms with E-state index >= 15 is 0 Å². The third-order valence-electron chi connectivity index (χ3n) is 2.44. The van der Waals surface area contributed by atoms with Crippen LogP contribution in [-0.2, 0) is 0 Å². The monoisotopic (exact) mass is 255 g/mol. The summed E-state index contributed by atoms with van der Waals surface area (Å²) >= 11 is 1.54. The van der Waals surface area contributed by atoms with Crippen LogP contribution < -0.4 is 0 Å². The van der Waals surface area contributed by atoms with Gasteiger partial charge < -0.3 is 5.11 Å². The van der Waals surface area contributed by atoms with Gasteiger partial charge in [-0.15, -0.1) is 11.3 Å². The van der Waals surface area contributed by atoms with Crippen LogP contribution in [0.25, 0.3) is 22.0 Å². The predicted molar refractivity (Wildman–Crippen MR) is 70.2 cm³/mol. The number of thiazole rings is 1. The van der Waals surface area contributed by atoms with Crippen LogP contribution in [0.4, 0.5) is 0 Å². The second-order valence-corrected chi connectivity index (χ2v) is 4.53. The summed E-state index contributed by atoms with van der Waals surface area (Å²) in [6, 6.07) is 6.99. The van der Waals surface area contributed by atoms with E-state index in [9.17, 15) is 5.11 Å². The third-order valence-corrected chi connectivity index (χ3v) is 3.34. The van der Waals surface area contributed by atoms with Crippen molar-refractivity contribution in [3.63, 3.8) is 0 Å². The number of phenolic OH excluding ortho intramolecular Hbond substituents is 1. The van der Waals surface area contributed by atoms with E-state index in [-0.39, 0.29) is 5.75 Å². The highest BCUT2D eigenvalue weighted by atomic mass is 32.1. The van der Waals surface area contributed by atoms with Gasteiger partial charge >= 0.3 is 0 Å². The fraction of sp³-hybridized carbons (Fsp3) is 0. The Morgan fingerprint density at radius 1 is 1.00 bits per heavy atom. The quantitative estimate of drug-likeness (QED) is 0.764. The van der Waals surface area contributed by atoms with Gasteiger partial charge in [0.05, 0.1) is 6.20 Å². The normalized spacial score (nSPS) is 10.4. The number of hydrogen-bond donors (Lipinski definition) is 1. The van der Waals surface area contributed by atoms with Crippen molar-refractivity contribution in [1.82, 2.24) is 15.0 Å². The molecule has 0 aliphatic rings. The number of aromatic nitrogens is 3. The summed E-state index contributed by atoms with van der Waals surface area (Å²) in [6.45, 7) is 0. The van der Waals surface area contributed by atoms with Crippen LogP contribution in [0.15, 0.2) is 48.2 Å². The second kappa shape index (κ2) is 4.54. The lowest BCUT2D eigenvalue weighted by atomic mass is 10.2. The van der Waals surface area contributed by atoms with Crippen LogP contribution in [-0.4, -0.2) is 20.1 Å². The molecule has 0 radical (unpaired) electrons. The van der Waals surface area contributed by atoms with E-state index in [2.05, 4.69) is 15.0 Å². The minimum Gasteiger partial charge on any atom is -0.508 e. The van der Waals surface area contributed by atoms with Crippen molar-refractivity contribution in [3.05, 3.63) is 48.2 Å². The summed E-state index contributed by atoms with van der Waals surface area (Å²) in [6.07, 6.45) is 4.97. The zero-order valence-corrected chi connectivity index (χ0v) is 10.1. The number of aromatic hydroxyl groups is 1. The van der Waals surface area contributed by atoms with Gasteiger partial charge in [-0.3, -0.25) is 9.97 Å². The van der Waals surface area contributed by atoms with Crippen LogP contribution in [0.1, 0.15) is 0 Å². The minimum atomic E-state index is 0.254. The van der Waals surface area contributed by atoms with E-state index in [1.54, 1.807) is 42.1 Å². The molecular weight excluding hydrogens is 246 g/mol. The van der Waals surface area contributed by atoms with Gasteiger partial charge in [-0.2, -0.15) is 0 Å². The summed E-state index contributed by atoms with van der Waals surface area (Å²) < 4.78 is 0. The lowest BCUT2D eigenvalue weighted by molar-refractivity contribution is 0.475. The fourth-order valence-corrected chi connectivity index (χ4v) is 2.38. The Hall–Kier alpha value is -2.27. The Balaban J connectivity index is 1.97. The molecule has 4 nitrogen and oxygen atoms in total. The number of rotatable bonds is 2. The predicted octanol–water partition coefficient (Wildman–Crippen LogP) is 2.97. The van der Waals surface area contributed by atoms with Gasteiger partial charge in [0.1, 0.15) is 22.1 Å². The molecule has 0 bridgehead atoms. The summed E-state index contributed by atoms with van der Waals surface area (Å²) in [5.41, 5.74) is 2.56. The molecule has 0 spiro atoms. The van der Waals surface area contributed by atoms with Gasteiger partial charge in [0, 0.05) is 23.3 Å². The topological polar surface area (TPSA) is 58.9 Å². The first-order valence-corrected chi connectivity index (χ1v) is 6.22. The van der Waals surface area contributed by atoms with Crippen LogP contribution in [0.3, 0.4) is 0 Å². The molecule has 88 valence electrons. The fourth-order valence-electron chi connectivity index (χ4n) is 1.56. The van der Waals surface area contributed by atoms with E-state index in [4.69, 9.17) is 0 Å². The van der Waals surface area contributed by atoms with Crippen molar-refractivity contribution < 1.29 is 5.11 Å². The number of benzene rings is 1. The first-order chi connectivity index (χ1) is 8.83. The second-order valence-electron chi connectivity index (χ2n) is 3.68. The Morgan fingerprint density at radius 2 is 1.83 bits per heavy atom. The molecule has 0 amide bonds. The smallest absolute Gasteiger partial charge is 0.124 e. The largest absolute Gasteiger partial charge is 0.508 e. The standard InChI is InChI=1S/C13H9N3OS/c17-10-3-1-9(2-4-10)13-16-12(8-18-13)11-7-14-5-6-15-11/h1-8,17H. The van der Waals surface area contributed by atoms with Crippen molar-refractivity contribution >= 4 is 11.3 Å². The molecule has 3 aromatic rings. The Labute approximate surface area is 108 Å². The molecule has 0 aliphatic carbocycles. The molecule has 0 aliphatic heterocycles. The van der Waals surface area contributed by atoms with E-state index in [0.717, 1.165) is 22.0 Å². The van der Waals surface area contributed by atoms with Crippen molar-refractivity contribution in [2.24, 2.45) is 0 Å². The maximum atomic E-state index is 9.25. The van der Waals surface area contributed by atoms with Crippen LogP contribution >= 0.6 is 11.3 Å². The van der Waals surface area contributed by atoms with Crippen LogP contribution in [0.5, 0.6) is 5.75 Å². The van der Waals surface area contributed by atoms with Gasteiger partial charge in [-0.25, -0.2) is 4.98 Å². The Bertz CT molecular complexity index is 650. The van der Waals surface area contributed by atoms with E-state index in [0.29, 0.717) is 0 Å². The van der Waals surface area contributed by atoms with Gasteiger partial charge in [-0.1, -0.05) is 0 Å². The van der Waals surface area contributed by atoms with Gasteiger partial charge in [0.2, 0.25) is 0 Å². The van der Waals surface area contributed by atoms with Crippen LogP contribution in [0, 0.1) is 0 Å². The number of hydrogen-bond acceptors (Lipinski definition) is 5. The van der Waals surface area contributed by atoms with Crippen LogP contribution in [0.2, 0.25) is 0 Å². The first kappa shape index (κ1) is 10.9. The summed E-state index contributed by atoms with van der Waals surface area (Å²) in [5.74, 6) is 0.254. The van der Waals surface area contributed by atoms with E-state index < -0.39 is 0 Å². The summed E-state index contributed by atoms with van der Waals surface area (Å²) in [4.78, 5) is 12.8. The molecule has 3 rings (SSSR count). The maximum Gasteiger partial charge on any atom is 0.124 e. The molecule has 18 heavy (non-hydrogen) atoms. The Morgan fingerprint density at radius 3 is 2.56 bits per heavy atom. The highest BCUT2D eigenvalue weighted by Crippen LogP contribution is 2.28. The average molecular weight is 255 g/mol. The lowest BCUT2D eigenvalue weighted by Crippen LogP contribution is -1.84. The first-order valence-electron chi connectivity index (χ1n) is 5.34. The molecule has 0 fully saturated rings. The molecular formula is C13H9N3OS. The van der Waals surface area contributed by atoms with Crippen molar-refractivity contribution in [3.8, 4) is 27.7 Å². The highest BCUT2D eigenvalue weighted by Gasteiger charge is 2.07. The van der Waals surface area contributed by atoms with Gasteiger partial charge in [0.15, 0.2) is 0 Å². The summed E-state index contributed by atoms with van der Waals surface area (Å²) in [5, 5.41) is 12.1. The van der Waals surface area contributed by atoms with Crippen molar-refractivity contribution in [1.29, 1.82) is 0 Å². The zero-order chi connectivity index (χ0) is 12.4. The molecule has 2 aromatic heterocycles. The van der Waals surface area contributed by atoms with Crippen molar-refractivity contribution in [2.45, 2.75) is 0 Å².